The van der Waals surface area contributed by atoms with Crippen molar-refractivity contribution in [2.24, 2.45) is 0 Å². The molecule has 8 nitrogen and oxygen atoms in total. The van der Waals surface area contributed by atoms with Crippen LogP contribution in [0.2, 0.25) is 0 Å². The predicted molar refractivity (Wildman–Crippen MR) is 133 cm³/mol. The number of methoxy groups -OCH3 is 1. The van der Waals surface area contributed by atoms with Crippen LogP contribution in [0.15, 0.2) is 41.9 Å². The number of nitrogens with zero attached hydrogens (tertiary/aromatic N) is 4. The van der Waals surface area contributed by atoms with Gasteiger partial charge >= 0.3 is 0 Å². The van der Waals surface area contributed by atoms with E-state index in [0.717, 1.165) is 17.3 Å². The number of pyridine rings is 2. The maximum atomic E-state index is 14.3. The van der Waals surface area contributed by atoms with Gasteiger partial charge < -0.3 is 19.8 Å². The van der Waals surface area contributed by atoms with E-state index in [0.29, 0.717) is 23.4 Å². The first kappa shape index (κ1) is 24.6. The summed E-state index contributed by atoms with van der Waals surface area (Å²) in [5, 5.41) is 24.7. The number of rotatable bonds is 5. The van der Waals surface area contributed by atoms with E-state index in [4.69, 9.17) is 4.74 Å². The highest BCUT2D eigenvalue weighted by Crippen LogP contribution is 2.44. The van der Waals surface area contributed by atoms with Gasteiger partial charge in [-0.15, -0.1) is 11.3 Å². The Morgan fingerprint density at radius 2 is 2.03 bits per heavy atom. The molecule has 2 N–H and O–H groups in total. The smallest absolute Gasteiger partial charge is 0.263 e. The lowest BCUT2D eigenvalue weighted by atomic mass is 9.98. The Morgan fingerprint density at radius 3 is 2.73 bits per heavy atom. The minimum atomic E-state index is -0.784. The molecule has 4 aromatic rings. The van der Waals surface area contributed by atoms with Gasteiger partial charge in [0.15, 0.2) is 0 Å². The van der Waals surface area contributed by atoms with E-state index < -0.39 is 35.1 Å². The third-order valence-corrected chi connectivity index (χ3v) is 7.06. The minimum Gasteiger partial charge on any atom is -0.506 e. The summed E-state index contributed by atoms with van der Waals surface area (Å²) in [7, 11) is 1.51. The highest BCUT2D eigenvalue weighted by molar-refractivity contribution is 7.09. The van der Waals surface area contributed by atoms with Gasteiger partial charge in [0.2, 0.25) is 5.88 Å². The number of aromatic nitrogens is 3. The van der Waals surface area contributed by atoms with Crippen LogP contribution in [0, 0.1) is 18.6 Å². The van der Waals surface area contributed by atoms with Crippen LogP contribution >= 0.6 is 11.3 Å². The van der Waals surface area contributed by atoms with Crippen molar-refractivity contribution in [3.05, 3.63) is 69.8 Å². The molecule has 37 heavy (non-hydrogen) atoms. The van der Waals surface area contributed by atoms with Crippen molar-refractivity contribution in [3.8, 4) is 39.9 Å². The summed E-state index contributed by atoms with van der Waals surface area (Å²) in [4.78, 5) is 27.5. The van der Waals surface area contributed by atoms with E-state index in [9.17, 15) is 23.8 Å². The van der Waals surface area contributed by atoms with Crippen molar-refractivity contribution < 1.29 is 28.5 Å². The molecule has 0 saturated carbocycles. The number of carbonyl (C=O) groups is 1. The molecule has 4 heterocycles. The average molecular weight is 525 g/mol. The number of aromatic hydroxyl groups is 2. The molecule has 1 aliphatic heterocycles. The summed E-state index contributed by atoms with van der Waals surface area (Å²) in [5.41, 5.74) is 1.06. The Morgan fingerprint density at radius 1 is 1.22 bits per heavy atom. The average Bonchev–Trinajstić information content (AvgIpc) is 3.53. The van der Waals surface area contributed by atoms with Crippen molar-refractivity contribution in [1.29, 1.82) is 0 Å². The Kier molecular flexibility index (Phi) is 6.46. The van der Waals surface area contributed by atoms with Gasteiger partial charge in [-0.1, -0.05) is 12.1 Å². The lowest BCUT2D eigenvalue weighted by Crippen LogP contribution is -2.29. The summed E-state index contributed by atoms with van der Waals surface area (Å²) in [6.07, 6.45) is 1.32. The van der Waals surface area contributed by atoms with Crippen molar-refractivity contribution in [2.75, 3.05) is 20.2 Å². The molecule has 190 valence electrons. The molecule has 11 heteroatoms. The largest absolute Gasteiger partial charge is 0.506 e. The monoisotopic (exact) mass is 524 g/mol. The lowest BCUT2D eigenvalue weighted by Gasteiger charge is -2.20. The lowest BCUT2D eigenvalue weighted by molar-refractivity contribution is 0.0783. The molecular weight excluding hydrogens is 502 g/mol. The van der Waals surface area contributed by atoms with Crippen LogP contribution in [0.1, 0.15) is 33.4 Å². The molecule has 0 aliphatic carbocycles. The molecular formula is C26H22F2N4O4S. The van der Waals surface area contributed by atoms with Gasteiger partial charge in [-0.3, -0.25) is 9.78 Å². The fourth-order valence-corrected chi connectivity index (χ4v) is 5.12. The van der Waals surface area contributed by atoms with Gasteiger partial charge in [0.1, 0.15) is 40.1 Å². The van der Waals surface area contributed by atoms with E-state index in [2.05, 4.69) is 15.0 Å². The van der Waals surface area contributed by atoms with Crippen LogP contribution in [-0.2, 0) is 0 Å². The summed E-state index contributed by atoms with van der Waals surface area (Å²) < 4.78 is 32.9. The number of thiazole rings is 1. The highest BCUT2D eigenvalue weighted by Gasteiger charge is 2.35. The van der Waals surface area contributed by atoms with Crippen molar-refractivity contribution in [1.82, 2.24) is 19.9 Å². The number of amides is 1. The van der Waals surface area contributed by atoms with Gasteiger partial charge in [0.25, 0.3) is 5.91 Å². The van der Waals surface area contributed by atoms with E-state index in [-0.39, 0.29) is 35.6 Å². The fourth-order valence-electron chi connectivity index (χ4n) is 4.52. The number of ether oxygens (including phenoxy) is 1. The van der Waals surface area contributed by atoms with E-state index in [1.165, 1.54) is 23.3 Å². The molecule has 1 saturated heterocycles. The zero-order chi connectivity index (χ0) is 26.3. The molecule has 1 fully saturated rings. The summed E-state index contributed by atoms with van der Waals surface area (Å²) in [5.74, 6) is -3.28. The van der Waals surface area contributed by atoms with E-state index in [1.54, 1.807) is 29.6 Å². The number of hydrogen-bond acceptors (Lipinski definition) is 8. The van der Waals surface area contributed by atoms with Gasteiger partial charge in [-0.2, -0.15) is 0 Å². The van der Waals surface area contributed by atoms with Gasteiger partial charge in [0.05, 0.1) is 29.6 Å². The van der Waals surface area contributed by atoms with Gasteiger partial charge in [0, 0.05) is 30.5 Å². The number of hydrogen-bond donors (Lipinski definition) is 2. The van der Waals surface area contributed by atoms with Crippen molar-refractivity contribution >= 4 is 17.2 Å². The number of aryl methyl sites for hydroxylation is 1. The first-order valence-electron chi connectivity index (χ1n) is 11.4. The first-order chi connectivity index (χ1) is 17.8. The zero-order valence-corrected chi connectivity index (χ0v) is 20.7. The molecule has 1 aromatic carbocycles. The number of benzene rings is 1. The second-order valence-electron chi connectivity index (χ2n) is 8.62. The summed E-state index contributed by atoms with van der Waals surface area (Å²) in [6.45, 7) is 2.12. The number of carbonyl (C=O) groups excluding carboxylic acids is 1. The Bertz CT molecular complexity index is 1510. The SMILES string of the molecule is COc1cccc(-c2c(-c3csc(C)n3)nc(O)c(C(=O)N3CCC(c4ncc(F)cc4F)C3)c2O)c1. The molecule has 5 rings (SSSR count). The Balaban J connectivity index is 1.57. The number of halogens is 2. The molecule has 0 spiro atoms. The first-order valence-corrected chi connectivity index (χ1v) is 12.3. The maximum absolute atomic E-state index is 14.3. The molecule has 0 bridgehead atoms. The molecule has 1 aliphatic rings. The molecule has 3 aromatic heterocycles. The zero-order valence-electron chi connectivity index (χ0n) is 19.9. The standard InChI is InChI=1S/C26H22F2N4O4S/c1-13-30-19(12-37-13)23-20(14-4-3-5-17(8-14)36-2)24(33)21(25(34)31-23)26(35)32-7-6-15(11-32)22-18(28)9-16(27)10-29-22/h3-5,8-10,12,15H,6-7,11H2,1-2H3,(H2,31,33,34). The van der Waals surface area contributed by atoms with Crippen molar-refractivity contribution in [2.45, 2.75) is 19.3 Å². The Hall–Kier alpha value is -4.12. The maximum Gasteiger partial charge on any atom is 0.263 e. The fraction of sp³-hybridized carbons (Fsp3) is 0.231. The second kappa shape index (κ2) is 9.74. The van der Waals surface area contributed by atoms with Crippen LogP contribution in [0.4, 0.5) is 8.78 Å². The topological polar surface area (TPSA) is 109 Å². The highest BCUT2D eigenvalue weighted by atomic mass is 32.1. The molecule has 1 unspecified atom stereocenters. The summed E-state index contributed by atoms with van der Waals surface area (Å²) in [6, 6.07) is 7.63. The van der Waals surface area contributed by atoms with Crippen LogP contribution < -0.4 is 4.74 Å². The summed E-state index contributed by atoms with van der Waals surface area (Å²) >= 11 is 1.38. The van der Waals surface area contributed by atoms with Crippen LogP contribution in [-0.4, -0.2) is 56.2 Å². The quantitative estimate of drug-likeness (QED) is 0.382. The second-order valence-corrected chi connectivity index (χ2v) is 9.69. The van der Waals surface area contributed by atoms with Gasteiger partial charge in [-0.05, 0) is 31.0 Å². The molecule has 1 atom stereocenters. The van der Waals surface area contributed by atoms with E-state index >= 15 is 0 Å². The molecule has 1 amide bonds. The van der Waals surface area contributed by atoms with E-state index in [1.807, 2.05) is 6.92 Å². The van der Waals surface area contributed by atoms with Crippen LogP contribution in [0.5, 0.6) is 17.4 Å². The van der Waals surface area contributed by atoms with Crippen LogP contribution in [0.3, 0.4) is 0 Å². The van der Waals surface area contributed by atoms with Crippen molar-refractivity contribution in [3.63, 3.8) is 0 Å². The predicted octanol–water partition coefficient (Wildman–Crippen LogP) is 4.90. The van der Waals surface area contributed by atoms with Gasteiger partial charge in [-0.25, -0.2) is 18.7 Å². The third kappa shape index (κ3) is 4.57. The molecule has 0 radical (unpaired) electrons. The normalized spacial score (nSPS) is 15.2. The number of likely N-dealkylation sites (tertiary alicyclic amines) is 1. The Labute approximate surface area is 214 Å². The van der Waals surface area contributed by atoms with Crippen LogP contribution in [0.25, 0.3) is 22.5 Å². The third-order valence-electron chi connectivity index (χ3n) is 6.28. The minimum absolute atomic E-state index is 0.0644.